The van der Waals surface area contributed by atoms with Gasteiger partial charge in [0.05, 0.1) is 15.7 Å². The fraction of sp³-hybridized carbons (Fsp3) is 0.100. The highest BCUT2D eigenvalue weighted by Crippen LogP contribution is 2.27. The van der Waals surface area contributed by atoms with Gasteiger partial charge in [-0.2, -0.15) is 0 Å². The number of rotatable bonds is 6. The summed E-state index contributed by atoms with van der Waals surface area (Å²) >= 11 is 15.9. The molecule has 3 rings (SSSR count). The Morgan fingerprint density at radius 2 is 1.56 bits per heavy atom. The summed E-state index contributed by atoms with van der Waals surface area (Å²) in [5.74, 6) is 0.672. The van der Waals surface area contributed by atoms with Crippen molar-refractivity contribution >= 4 is 44.8 Å². The first-order chi connectivity index (χ1) is 12.1. The summed E-state index contributed by atoms with van der Waals surface area (Å²) in [6, 6.07) is 21.4. The molecule has 0 amide bonds. The summed E-state index contributed by atoms with van der Waals surface area (Å²) in [6.07, 6.45) is 0. The monoisotopic (exact) mass is 435 g/mol. The minimum absolute atomic E-state index is 0.476. The van der Waals surface area contributed by atoms with Crippen LogP contribution in [0.25, 0.3) is 0 Å². The van der Waals surface area contributed by atoms with Gasteiger partial charge in [0.25, 0.3) is 0 Å². The van der Waals surface area contributed by atoms with Crippen LogP contribution in [0.3, 0.4) is 0 Å². The van der Waals surface area contributed by atoms with E-state index in [1.54, 1.807) is 0 Å². The highest BCUT2D eigenvalue weighted by atomic mass is 79.9. The Kier molecular flexibility index (Phi) is 6.24. The SMILES string of the molecule is Clc1ccccc1NCc1ccc(OCc2ccc(Br)cc2)c(Cl)c1. The molecule has 3 aromatic rings. The molecule has 0 spiro atoms. The molecule has 0 fully saturated rings. The van der Waals surface area contributed by atoms with Crippen molar-refractivity contribution in [1.82, 2.24) is 0 Å². The molecule has 0 saturated carbocycles. The summed E-state index contributed by atoms with van der Waals surface area (Å²) in [4.78, 5) is 0. The first kappa shape index (κ1) is 18.1. The second-order valence-corrected chi connectivity index (χ2v) is 7.24. The van der Waals surface area contributed by atoms with Crippen molar-refractivity contribution in [3.63, 3.8) is 0 Å². The van der Waals surface area contributed by atoms with Crippen LogP contribution in [0.15, 0.2) is 71.2 Å². The number of ether oxygens (including phenoxy) is 1. The molecule has 25 heavy (non-hydrogen) atoms. The quantitative estimate of drug-likeness (QED) is 0.451. The number of benzene rings is 3. The molecule has 0 aliphatic rings. The lowest BCUT2D eigenvalue weighted by Gasteiger charge is -2.11. The van der Waals surface area contributed by atoms with Crippen LogP contribution in [0.4, 0.5) is 5.69 Å². The van der Waals surface area contributed by atoms with Crippen molar-refractivity contribution in [1.29, 1.82) is 0 Å². The molecule has 1 N–H and O–H groups in total. The van der Waals surface area contributed by atoms with Crippen LogP contribution >= 0.6 is 39.1 Å². The predicted molar refractivity (Wildman–Crippen MR) is 109 cm³/mol. The molecule has 0 heterocycles. The second kappa shape index (κ2) is 8.61. The molecule has 0 aliphatic carbocycles. The van der Waals surface area contributed by atoms with Gasteiger partial charge in [-0.3, -0.25) is 0 Å². The van der Waals surface area contributed by atoms with Crippen molar-refractivity contribution in [3.05, 3.63) is 92.4 Å². The van der Waals surface area contributed by atoms with Crippen LogP contribution in [0.2, 0.25) is 10.0 Å². The van der Waals surface area contributed by atoms with Crippen LogP contribution < -0.4 is 10.1 Å². The van der Waals surface area contributed by atoms with Gasteiger partial charge in [-0.05, 0) is 47.5 Å². The van der Waals surface area contributed by atoms with Gasteiger partial charge in [0.1, 0.15) is 12.4 Å². The molecular weight excluding hydrogens is 421 g/mol. The fourth-order valence-corrected chi connectivity index (χ4v) is 3.04. The minimum Gasteiger partial charge on any atom is -0.487 e. The Morgan fingerprint density at radius 1 is 0.840 bits per heavy atom. The maximum Gasteiger partial charge on any atom is 0.138 e. The molecule has 0 bridgehead atoms. The maximum absolute atomic E-state index is 6.35. The standard InChI is InChI=1S/C20H16BrCl2NO/c21-16-8-5-14(6-9-16)13-25-20-10-7-15(11-18(20)23)12-24-19-4-2-1-3-17(19)22/h1-11,24H,12-13H2. The third kappa shape index (κ3) is 5.15. The van der Waals surface area contributed by atoms with E-state index in [0.29, 0.717) is 28.9 Å². The number of para-hydroxylation sites is 1. The van der Waals surface area contributed by atoms with Crippen LogP contribution in [0.1, 0.15) is 11.1 Å². The van der Waals surface area contributed by atoms with Gasteiger partial charge in [-0.25, -0.2) is 0 Å². The van der Waals surface area contributed by atoms with Gasteiger partial charge in [-0.15, -0.1) is 0 Å². The van der Waals surface area contributed by atoms with Crippen LogP contribution in [0, 0.1) is 0 Å². The zero-order chi connectivity index (χ0) is 17.6. The molecule has 2 nitrogen and oxygen atoms in total. The van der Waals surface area contributed by atoms with Gasteiger partial charge in [-0.1, -0.05) is 69.5 Å². The van der Waals surface area contributed by atoms with E-state index in [0.717, 1.165) is 21.3 Å². The Bertz CT molecular complexity index is 853. The van der Waals surface area contributed by atoms with Gasteiger partial charge < -0.3 is 10.1 Å². The van der Waals surface area contributed by atoms with E-state index in [1.807, 2.05) is 66.7 Å². The van der Waals surface area contributed by atoms with E-state index < -0.39 is 0 Å². The largest absolute Gasteiger partial charge is 0.487 e. The summed E-state index contributed by atoms with van der Waals surface area (Å²) in [5, 5.41) is 4.59. The molecule has 0 atom stereocenters. The van der Waals surface area contributed by atoms with E-state index in [4.69, 9.17) is 27.9 Å². The molecule has 3 aromatic carbocycles. The lowest BCUT2D eigenvalue weighted by atomic mass is 10.2. The highest BCUT2D eigenvalue weighted by Gasteiger charge is 2.05. The Hall–Kier alpha value is -1.68. The van der Waals surface area contributed by atoms with Crippen molar-refractivity contribution in [3.8, 4) is 5.75 Å². The van der Waals surface area contributed by atoms with E-state index in [1.165, 1.54) is 0 Å². The Balaban J connectivity index is 1.60. The van der Waals surface area contributed by atoms with Crippen molar-refractivity contribution in [2.75, 3.05) is 5.32 Å². The summed E-state index contributed by atoms with van der Waals surface area (Å²) in [7, 11) is 0. The lowest BCUT2D eigenvalue weighted by molar-refractivity contribution is 0.306. The second-order valence-electron chi connectivity index (χ2n) is 5.51. The van der Waals surface area contributed by atoms with Gasteiger partial charge in [0.15, 0.2) is 0 Å². The van der Waals surface area contributed by atoms with Crippen molar-refractivity contribution in [2.45, 2.75) is 13.2 Å². The first-order valence-electron chi connectivity index (χ1n) is 7.76. The third-order valence-corrected chi connectivity index (χ3v) is 4.81. The molecule has 5 heteroatoms. The number of anilines is 1. The summed E-state index contributed by atoms with van der Waals surface area (Å²) in [5.41, 5.74) is 3.04. The van der Waals surface area contributed by atoms with Crippen molar-refractivity contribution in [2.24, 2.45) is 0 Å². The van der Waals surface area contributed by atoms with Gasteiger partial charge >= 0.3 is 0 Å². The van der Waals surface area contributed by atoms with Crippen LogP contribution in [-0.2, 0) is 13.2 Å². The zero-order valence-electron chi connectivity index (χ0n) is 13.3. The Labute approximate surface area is 165 Å². The van der Waals surface area contributed by atoms with Crippen molar-refractivity contribution < 1.29 is 4.74 Å². The summed E-state index contributed by atoms with van der Waals surface area (Å²) < 4.78 is 6.86. The molecular formula is C20H16BrCl2NO. The number of hydrogen-bond acceptors (Lipinski definition) is 2. The fourth-order valence-electron chi connectivity index (χ4n) is 2.31. The molecule has 0 aliphatic heterocycles. The topological polar surface area (TPSA) is 21.3 Å². The van der Waals surface area contributed by atoms with Crippen LogP contribution in [0.5, 0.6) is 5.75 Å². The normalized spacial score (nSPS) is 10.5. The molecule has 0 unspecified atom stereocenters. The number of hydrogen-bond donors (Lipinski definition) is 1. The number of nitrogens with one attached hydrogen (secondary N) is 1. The molecule has 0 saturated heterocycles. The molecule has 0 radical (unpaired) electrons. The highest BCUT2D eigenvalue weighted by molar-refractivity contribution is 9.10. The van der Waals surface area contributed by atoms with E-state index >= 15 is 0 Å². The zero-order valence-corrected chi connectivity index (χ0v) is 16.4. The van der Waals surface area contributed by atoms with Gasteiger partial charge in [0, 0.05) is 11.0 Å². The van der Waals surface area contributed by atoms with Gasteiger partial charge in [0.2, 0.25) is 0 Å². The smallest absolute Gasteiger partial charge is 0.138 e. The first-order valence-corrected chi connectivity index (χ1v) is 9.31. The van der Waals surface area contributed by atoms with Crippen LogP contribution in [-0.4, -0.2) is 0 Å². The van der Waals surface area contributed by atoms with E-state index in [2.05, 4.69) is 21.2 Å². The predicted octanol–water partition coefficient (Wildman–Crippen LogP) is 6.95. The summed E-state index contributed by atoms with van der Waals surface area (Å²) in [6.45, 7) is 1.11. The molecule has 0 aromatic heterocycles. The lowest BCUT2D eigenvalue weighted by Crippen LogP contribution is -2.01. The maximum atomic E-state index is 6.35. The number of halogens is 3. The molecule has 128 valence electrons. The minimum atomic E-state index is 0.476. The Morgan fingerprint density at radius 3 is 2.28 bits per heavy atom. The average Bonchev–Trinajstić information content (AvgIpc) is 2.62. The average molecular weight is 437 g/mol. The third-order valence-electron chi connectivity index (χ3n) is 3.66. The van der Waals surface area contributed by atoms with E-state index in [9.17, 15) is 0 Å². The van der Waals surface area contributed by atoms with E-state index in [-0.39, 0.29) is 0 Å².